The Morgan fingerprint density at radius 2 is 1.89 bits per heavy atom. The van der Waals surface area contributed by atoms with Gasteiger partial charge in [-0.15, -0.1) is 0 Å². The second-order valence-electron chi connectivity index (χ2n) is 4.38. The Labute approximate surface area is 114 Å². The molecule has 0 unspecified atom stereocenters. The minimum atomic E-state index is -0.307. The molecule has 0 aliphatic carbocycles. The third-order valence-corrected chi connectivity index (χ3v) is 2.72. The maximum Gasteiger partial charge on any atom is 0.165 e. The number of nitrogens with one attached hydrogen (secondary N) is 2. The molecule has 108 valence electrons. The summed E-state index contributed by atoms with van der Waals surface area (Å²) in [7, 11) is 3.28. The molecule has 0 heterocycles. The summed E-state index contributed by atoms with van der Waals surface area (Å²) in [6.07, 6.45) is -0.307. The standard InChI is InChI=1S/C14H24N2O3/c1-11(17)9-15-7-8-16-10-12-5-4-6-13(18-2)14(12)19-3/h4-6,11,15-17H,7-10H2,1-3H3/t11-/m1/s1. The second-order valence-corrected chi connectivity index (χ2v) is 4.38. The smallest absolute Gasteiger partial charge is 0.165 e. The van der Waals surface area contributed by atoms with E-state index in [1.165, 1.54) is 0 Å². The Kier molecular flexibility index (Phi) is 7.25. The lowest BCUT2D eigenvalue weighted by Gasteiger charge is -2.13. The number of ether oxygens (including phenoxy) is 2. The Bertz CT molecular complexity index is 370. The summed E-state index contributed by atoms with van der Waals surface area (Å²) in [4.78, 5) is 0. The summed E-state index contributed by atoms with van der Waals surface area (Å²) in [6.45, 7) is 4.74. The molecule has 0 aromatic heterocycles. The van der Waals surface area contributed by atoms with Gasteiger partial charge in [0.25, 0.3) is 0 Å². The highest BCUT2D eigenvalue weighted by atomic mass is 16.5. The van der Waals surface area contributed by atoms with E-state index in [9.17, 15) is 0 Å². The zero-order chi connectivity index (χ0) is 14.1. The molecule has 5 nitrogen and oxygen atoms in total. The van der Waals surface area contributed by atoms with Crippen LogP contribution in [0.4, 0.5) is 0 Å². The van der Waals surface area contributed by atoms with E-state index in [1.807, 2.05) is 18.2 Å². The van der Waals surface area contributed by atoms with Gasteiger partial charge in [0.1, 0.15) is 0 Å². The van der Waals surface area contributed by atoms with E-state index in [4.69, 9.17) is 14.6 Å². The molecule has 0 spiro atoms. The Morgan fingerprint density at radius 1 is 1.16 bits per heavy atom. The Morgan fingerprint density at radius 3 is 2.53 bits per heavy atom. The maximum absolute atomic E-state index is 9.10. The Balaban J connectivity index is 2.37. The predicted octanol–water partition coefficient (Wildman–Crippen LogP) is 0.764. The van der Waals surface area contributed by atoms with Crippen LogP contribution in [0.1, 0.15) is 12.5 Å². The van der Waals surface area contributed by atoms with Gasteiger partial charge in [0.2, 0.25) is 0 Å². The first-order valence-electron chi connectivity index (χ1n) is 6.48. The van der Waals surface area contributed by atoms with Gasteiger partial charge in [-0.2, -0.15) is 0 Å². The highest BCUT2D eigenvalue weighted by Crippen LogP contribution is 2.30. The highest BCUT2D eigenvalue weighted by Gasteiger charge is 2.08. The molecule has 19 heavy (non-hydrogen) atoms. The number of hydrogen-bond donors (Lipinski definition) is 3. The summed E-state index contributed by atoms with van der Waals surface area (Å²) in [5, 5.41) is 15.6. The van der Waals surface area contributed by atoms with Gasteiger partial charge in [0, 0.05) is 31.7 Å². The van der Waals surface area contributed by atoms with Crippen molar-refractivity contribution < 1.29 is 14.6 Å². The zero-order valence-electron chi connectivity index (χ0n) is 11.9. The van der Waals surface area contributed by atoms with Gasteiger partial charge in [-0.3, -0.25) is 0 Å². The van der Waals surface area contributed by atoms with Gasteiger partial charge in [-0.25, -0.2) is 0 Å². The molecule has 1 aromatic carbocycles. The maximum atomic E-state index is 9.10. The van der Waals surface area contributed by atoms with Crippen molar-refractivity contribution in [2.24, 2.45) is 0 Å². The highest BCUT2D eigenvalue weighted by molar-refractivity contribution is 5.46. The molecule has 0 saturated heterocycles. The van der Waals surface area contributed by atoms with Gasteiger partial charge in [0.05, 0.1) is 20.3 Å². The van der Waals surface area contributed by atoms with E-state index >= 15 is 0 Å². The number of aliphatic hydroxyl groups excluding tert-OH is 1. The van der Waals surface area contributed by atoms with Gasteiger partial charge < -0.3 is 25.2 Å². The predicted molar refractivity (Wildman–Crippen MR) is 75.8 cm³/mol. The summed E-state index contributed by atoms with van der Waals surface area (Å²) in [5.74, 6) is 1.52. The first-order chi connectivity index (χ1) is 9.19. The van der Waals surface area contributed by atoms with Crippen molar-refractivity contribution in [3.05, 3.63) is 23.8 Å². The molecule has 0 saturated carbocycles. The molecule has 5 heteroatoms. The van der Waals surface area contributed by atoms with Crippen LogP contribution in [0.5, 0.6) is 11.5 Å². The first kappa shape index (κ1) is 15.8. The largest absolute Gasteiger partial charge is 0.493 e. The van der Waals surface area contributed by atoms with Crippen LogP contribution in [-0.2, 0) is 6.54 Å². The number of rotatable bonds is 9. The van der Waals surface area contributed by atoms with Crippen LogP contribution >= 0.6 is 0 Å². The van der Waals surface area contributed by atoms with Crippen molar-refractivity contribution >= 4 is 0 Å². The van der Waals surface area contributed by atoms with Crippen LogP contribution in [-0.4, -0.2) is 45.1 Å². The van der Waals surface area contributed by atoms with E-state index < -0.39 is 0 Å². The fourth-order valence-electron chi connectivity index (χ4n) is 1.80. The monoisotopic (exact) mass is 268 g/mol. The Hall–Kier alpha value is -1.30. The third-order valence-electron chi connectivity index (χ3n) is 2.72. The van der Waals surface area contributed by atoms with Gasteiger partial charge in [0.15, 0.2) is 11.5 Å². The lowest BCUT2D eigenvalue weighted by atomic mass is 10.2. The normalized spacial score (nSPS) is 12.2. The molecule has 0 radical (unpaired) electrons. The zero-order valence-corrected chi connectivity index (χ0v) is 11.9. The molecular weight excluding hydrogens is 244 g/mol. The fourth-order valence-corrected chi connectivity index (χ4v) is 1.80. The summed E-state index contributed by atoms with van der Waals surface area (Å²) in [6, 6.07) is 5.84. The molecule has 0 aliphatic heterocycles. The van der Waals surface area contributed by atoms with Crippen molar-refractivity contribution in [1.82, 2.24) is 10.6 Å². The topological polar surface area (TPSA) is 62.8 Å². The van der Waals surface area contributed by atoms with Crippen LogP contribution < -0.4 is 20.1 Å². The van der Waals surface area contributed by atoms with E-state index in [0.29, 0.717) is 6.54 Å². The molecule has 1 aromatic rings. The first-order valence-corrected chi connectivity index (χ1v) is 6.48. The number of hydrogen-bond acceptors (Lipinski definition) is 5. The van der Waals surface area contributed by atoms with Crippen LogP contribution in [0.15, 0.2) is 18.2 Å². The van der Waals surface area contributed by atoms with Crippen LogP contribution in [0.25, 0.3) is 0 Å². The summed E-state index contributed by atoms with van der Waals surface area (Å²) < 4.78 is 10.6. The number of aliphatic hydroxyl groups is 1. The quantitative estimate of drug-likeness (QED) is 0.577. The third kappa shape index (κ3) is 5.46. The molecular formula is C14H24N2O3. The van der Waals surface area contributed by atoms with Gasteiger partial charge in [-0.1, -0.05) is 12.1 Å². The average Bonchev–Trinajstić information content (AvgIpc) is 2.41. The molecule has 3 N–H and O–H groups in total. The number of benzene rings is 1. The van der Waals surface area contributed by atoms with Crippen molar-refractivity contribution in [3.8, 4) is 11.5 Å². The number of para-hydroxylation sites is 1. The van der Waals surface area contributed by atoms with Crippen molar-refractivity contribution in [2.45, 2.75) is 19.6 Å². The molecule has 0 bridgehead atoms. The van der Waals surface area contributed by atoms with Gasteiger partial charge in [-0.05, 0) is 13.0 Å². The average molecular weight is 268 g/mol. The lowest BCUT2D eigenvalue weighted by Crippen LogP contribution is -2.31. The van der Waals surface area contributed by atoms with Crippen LogP contribution in [0.3, 0.4) is 0 Å². The van der Waals surface area contributed by atoms with Crippen LogP contribution in [0, 0.1) is 0 Å². The second kappa shape index (κ2) is 8.74. The lowest BCUT2D eigenvalue weighted by molar-refractivity contribution is 0.191. The summed E-state index contributed by atoms with van der Waals surface area (Å²) >= 11 is 0. The molecule has 0 aliphatic rings. The van der Waals surface area contributed by atoms with Crippen LogP contribution in [0.2, 0.25) is 0 Å². The van der Waals surface area contributed by atoms with E-state index in [2.05, 4.69) is 10.6 Å². The fraction of sp³-hybridized carbons (Fsp3) is 0.571. The molecule has 0 fully saturated rings. The minimum absolute atomic E-state index is 0.307. The molecule has 1 rings (SSSR count). The molecule has 1 atom stereocenters. The molecule has 0 amide bonds. The number of methoxy groups -OCH3 is 2. The van der Waals surface area contributed by atoms with Crippen molar-refractivity contribution in [2.75, 3.05) is 33.9 Å². The van der Waals surface area contributed by atoms with E-state index in [-0.39, 0.29) is 6.10 Å². The van der Waals surface area contributed by atoms with Gasteiger partial charge >= 0.3 is 0 Å². The van der Waals surface area contributed by atoms with Crippen molar-refractivity contribution in [1.29, 1.82) is 0 Å². The van der Waals surface area contributed by atoms with E-state index in [0.717, 1.165) is 36.7 Å². The summed E-state index contributed by atoms with van der Waals surface area (Å²) in [5.41, 5.74) is 1.07. The SMILES string of the molecule is COc1cccc(CNCCNC[C@@H](C)O)c1OC. The minimum Gasteiger partial charge on any atom is -0.493 e. The van der Waals surface area contributed by atoms with E-state index in [1.54, 1.807) is 21.1 Å². The van der Waals surface area contributed by atoms with Crippen molar-refractivity contribution in [3.63, 3.8) is 0 Å².